The molecule has 7 aromatic rings. The smallest absolute Gasteiger partial charge is 0.305 e. The van der Waals surface area contributed by atoms with Crippen LogP contribution in [-0.2, 0) is 120 Å². The second-order valence-corrected chi connectivity index (χ2v) is 35.8. The summed E-state index contributed by atoms with van der Waals surface area (Å²) in [5.74, 6) is -27.8. The SMILES string of the molecule is CCCC[C@H]1C(=O)N2C[C@H](O)C[C@@H]2C(=O)N[C@@H](CC(=O)O)C(=O)N[C@@H](C(C)C)C(=O)N(C)[C@@H](Cc2ccccc2)C(=O)N[C@@H](Cc2ccc(O)cc2)C(=O)N2C[C@H](O)C[C@@H]2C(=O)N[C@@H](Cc2c[nH]c3ccccc23)C(=O)N[C@@H](Cc2ccc(O)cc2)C(=O)N[C@@H](CC(N)=O)C(=O)N[C@H](C(=O)NCC(N)=O)CSCC(=O)N[C@@H](Cc2cc(F)c(F)c(F)c2)C(=O)N(C)[C@@H](Cc2ccccc2)C(=O)N1C. The highest BCUT2D eigenvalue weighted by Crippen LogP contribution is 2.29. The summed E-state index contributed by atoms with van der Waals surface area (Å²) in [5, 5.41) is 77.4. The van der Waals surface area contributed by atoms with E-state index in [4.69, 9.17) is 11.5 Å². The lowest BCUT2D eigenvalue weighted by atomic mass is 9.98. The number of phenolic OH excluding ortho intramolecular Hbond substituents is 2. The van der Waals surface area contributed by atoms with Crippen molar-refractivity contribution in [2.45, 2.75) is 195 Å². The molecule has 0 saturated carbocycles. The molecule has 10 rings (SSSR count). The number of aromatic amines is 1. The van der Waals surface area contributed by atoms with Crippen LogP contribution in [0.15, 0.2) is 152 Å². The number of benzene rings is 6. The minimum atomic E-state index is -2.08. The molecule has 3 fully saturated rings. The molecule has 19 N–H and O–H groups in total. The Hall–Kier alpha value is -14.5. The molecule has 1 aromatic heterocycles. The van der Waals surface area contributed by atoms with Crippen molar-refractivity contribution >= 4 is 123 Å². The molecule has 138 heavy (non-hydrogen) atoms. The molecule has 6 aromatic carbocycles. The van der Waals surface area contributed by atoms with Gasteiger partial charge < -0.3 is 114 Å². The number of rotatable bonds is 23. The highest BCUT2D eigenvalue weighted by molar-refractivity contribution is 8.00. The van der Waals surface area contributed by atoms with Gasteiger partial charge in [-0.1, -0.05) is 137 Å². The summed E-state index contributed by atoms with van der Waals surface area (Å²) in [6.45, 7) is 2.72. The molecule has 3 aliphatic heterocycles. The Kier molecular flexibility index (Phi) is 37.3. The summed E-state index contributed by atoms with van der Waals surface area (Å²) in [5.41, 5.74) is 13.0. The van der Waals surface area contributed by atoms with Crippen molar-refractivity contribution in [1.29, 1.82) is 0 Å². The van der Waals surface area contributed by atoms with Gasteiger partial charge >= 0.3 is 5.97 Å². The minimum Gasteiger partial charge on any atom is -0.508 e. The molecule has 15 atom stereocenters. The largest absolute Gasteiger partial charge is 0.508 e. The van der Waals surface area contributed by atoms with Crippen molar-refractivity contribution in [2.24, 2.45) is 17.4 Å². The number of hydrogen-bond donors (Lipinski definition) is 17. The number of carboxylic acid groups (broad SMARTS) is 1. The molecule has 738 valence electrons. The number of nitrogens with zero attached hydrogens (tertiary/aromatic N) is 5. The van der Waals surface area contributed by atoms with E-state index in [1.54, 1.807) is 91.9 Å². The minimum absolute atomic E-state index is 0.160. The van der Waals surface area contributed by atoms with Gasteiger partial charge in [-0.25, -0.2) is 13.2 Å². The first kappa shape index (κ1) is 106. The molecule has 16 amide bonds. The first-order chi connectivity index (χ1) is 65.6. The van der Waals surface area contributed by atoms with E-state index in [9.17, 15) is 68.3 Å². The normalized spacial score (nSPS) is 24.2. The van der Waals surface area contributed by atoms with E-state index in [0.717, 1.165) is 31.5 Å². The molecular weight excluding hydrogens is 1820 g/mol. The first-order valence-corrected chi connectivity index (χ1v) is 45.9. The molecule has 0 spiro atoms. The fraction of sp³-hybridized carbons (Fsp3) is 0.421. The van der Waals surface area contributed by atoms with E-state index in [2.05, 4.69) is 52.8 Å². The average Bonchev–Trinajstić information content (AvgIpc) is 1.62. The van der Waals surface area contributed by atoms with Gasteiger partial charge in [0.05, 0.1) is 37.3 Å². The van der Waals surface area contributed by atoms with E-state index < -0.39 is 303 Å². The fourth-order valence-electron chi connectivity index (χ4n) is 16.7. The highest BCUT2D eigenvalue weighted by Gasteiger charge is 2.49. The number of aromatic hydroxyl groups is 2. The molecule has 3 aliphatic rings. The maximum Gasteiger partial charge on any atom is 0.305 e. The van der Waals surface area contributed by atoms with Gasteiger partial charge in [0.1, 0.15) is 90.0 Å². The third kappa shape index (κ3) is 28.6. The van der Waals surface area contributed by atoms with Crippen molar-refractivity contribution in [3.63, 3.8) is 0 Å². The highest BCUT2D eigenvalue weighted by atomic mass is 32.2. The van der Waals surface area contributed by atoms with Crippen LogP contribution in [0.4, 0.5) is 13.2 Å². The third-order valence-electron chi connectivity index (χ3n) is 24.1. The Labute approximate surface area is 795 Å². The Bertz CT molecular complexity index is 5590. The number of primary amides is 2. The number of carboxylic acids is 1. The van der Waals surface area contributed by atoms with Gasteiger partial charge in [0, 0.05) is 108 Å². The number of aliphatic hydroxyl groups excluding tert-OH is 2. The van der Waals surface area contributed by atoms with Crippen molar-refractivity contribution in [3.05, 3.63) is 203 Å². The quantitative estimate of drug-likeness (QED) is 0.0362. The zero-order valence-electron chi connectivity index (χ0n) is 76.5. The zero-order valence-corrected chi connectivity index (χ0v) is 77.3. The van der Waals surface area contributed by atoms with Crippen molar-refractivity contribution < 1.29 is 120 Å². The standard InChI is InChI=1S/C95H114F3N17O22S/c1-7-8-23-72-94(136)115-47-60(119)41-75(115)90(132)107-68(43-80(123)124)87(129)110-82(50(2)3)95(137)112(5)73(37-51-17-11-9-12-18-51)88(130)108-70(35-54-26-30-58(117)31-27-54)92(134)114-46-59(118)40-74(114)89(131)106-66(39-56-44-101-64-22-16-15-21-61(56)64)85(127)104-65(34-53-24-28-57(116)29-25-53)84(126)105-67(42-77(99)120)86(128)109-71(83(125)102-45-78(100)121)48-138-49-79(122)103-69(36-55-32-62(96)81(98)63(97)33-55)91(133)113(6)76(93(135)111(72)4)38-52-19-13-10-14-20-52/h9-22,24-33,44,50,59-60,65-76,82,101,116-119H,7-8,23,34-43,45-49H2,1-6H3,(H2,99,120)(H2,100,121)(H,102,125)(H,103,122)(H,104,127)(H,105,126)(H,106,131)(H,107,132)(H,108,130)(H,109,128)(H,110,129)(H,123,124)/t59-,60-,65+,66+,67+,68+,69+,70+,71+,72+,73+,74-,75-,76+,82+/m1/s1. The van der Waals surface area contributed by atoms with E-state index in [0.29, 0.717) is 63.5 Å². The number of aliphatic hydroxyl groups is 2. The zero-order chi connectivity index (χ0) is 101. The lowest BCUT2D eigenvalue weighted by Crippen LogP contribution is -2.62. The van der Waals surface area contributed by atoms with Crippen LogP contribution in [0.3, 0.4) is 0 Å². The average molecular weight is 1940 g/mol. The number of carbonyl (C=O) groups is 17. The maximum atomic E-state index is 15.8. The van der Waals surface area contributed by atoms with Crippen molar-refractivity contribution in [2.75, 3.05) is 52.3 Å². The van der Waals surface area contributed by atoms with Crippen LogP contribution < -0.4 is 59.3 Å². The first-order valence-electron chi connectivity index (χ1n) is 44.7. The lowest BCUT2D eigenvalue weighted by molar-refractivity contribution is -0.152. The second-order valence-electron chi connectivity index (χ2n) is 34.8. The number of nitrogens with one attached hydrogen (secondary N) is 10. The Balaban J connectivity index is 1.07. The van der Waals surface area contributed by atoms with Gasteiger partial charge in [-0.15, -0.1) is 11.8 Å². The number of H-pyrrole nitrogens is 1. The van der Waals surface area contributed by atoms with Gasteiger partial charge in [-0.3, -0.25) is 81.5 Å². The van der Waals surface area contributed by atoms with E-state index in [1.165, 1.54) is 82.7 Å². The maximum absolute atomic E-state index is 15.8. The molecular formula is C95H114F3N17O22S. The number of thioether (sulfide) groups is 1. The summed E-state index contributed by atoms with van der Waals surface area (Å²) in [7, 11) is 3.55. The van der Waals surface area contributed by atoms with Crippen LogP contribution >= 0.6 is 11.8 Å². The van der Waals surface area contributed by atoms with Crippen LogP contribution in [-0.4, -0.2) is 299 Å². The Morgan fingerprint density at radius 1 is 0.478 bits per heavy atom. The molecule has 0 unspecified atom stereocenters. The van der Waals surface area contributed by atoms with Gasteiger partial charge in [-0.05, 0) is 88.2 Å². The van der Waals surface area contributed by atoms with Crippen molar-refractivity contribution in [1.82, 2.24) is 77.3 Å². The molecule has 4 heterocycles. The number of amides is 16. The van der Waals surface area contributed by atoms with Gasteiger partial charge in [-0.2, -0.15) is 0 Å². The monoisotopic (exact) mass is 1930 g/mol. The molecule has 43 heteroatoms. The predicted octanol–water partition coefficient (Wildman–Crippen LogP) is -0.420. The number of unbranched alkanes of at least 4 members (excludes halogenated alkanes) is 1. The molecule has 3 saturated heterocycles. The van der Waals surface area contributed by atoms with Crippen LogP contribution in [0.2, 0.25) is 0 Å². The lowest BCUT2D eigenvalue weighted by Gasteiger charge is -2.38. The number of hydrogen-bond acceptors (Lipinski definition) is 22. The second kappa shape index (κ2) is 48.8. The van der Waals surface area contributed by atoms with E-state index in [-0.39, 0.29) is 42.7 Å². The number of aliphatic carboxylic acids is 1. The van der Waals surface area contributed by atoms with Crippen LogP contribution in [0, 0.1) is 23.4 Å². The molecule has 39 nitrogen and oxygen atoms in total. The predicted molar refractivity (Wildman–Crippen MR) is 493 cm³/mol. The summed E-state index contributed by atoms with van der Waals surface area (Å²) in [4.78, 5) is 259. The summed E-state index contributed by atoms with van der Waals surface area (Å²) >= 11 is 0.558. The van der Waals surface area contributed by atoms with Crippen LogP contribution in [0.25, 0.3) is 10.9 Å². The number of nitrogens with two attached hydrogens (primary N) is 2. The fourth-order valence-corrected chi connectivity index (χ4v) is 17.6. The summed E-state index contributed by atoms with van der Waals surface area (Å²) in [6.07, 6.45) is -7.07. The van der Waals surface area contributed by atoms with Crippen LogP contribution in [0.5, 0.6) is 11.5 Å². The molecule has 0 aliphatic carbocycles. The topological polar surface area (TPSA) is 584 Å². The molecule has 0 radical (unpaired) electrons. The summed E-state index contributed by atoms with van der Waals surface area (Å²) < 4.78 is 45.1. The van der Waals surface area contributed by atoms with Gasteiger partial charge in [0.25, 0.3) is 0 Å². The number of para-hydroxylation sites is 1. The number of halogens is 3. The summed E-state index contributed by atoms with van der Waals surface area (Å²) in [6, 6.07) is 11.4. The number of phenols is 2. The van der Waals surface area contributed by atoms with Crippen LogP contribution in [0.1, 0.15) is 99.1 Å². The number of aromatic nitrogens is 1. The van der Waals surface area contributed by atoms with E-state index >= 15 is 51.9 Å². The number of carbonyl (C=O) groups excluding carboxylic acids is 16. The van der Waals surface area contributed by atoms with Gasteiger partial charge in [0.2, 0.25) is 94.5 Å². The Morgan fingerprint density at radius 2 is 0.935 bits per heavy atom. The van der Waals surface area contributed by atoms with E-state index in [1.807, 2.05) is 0 Å². The molecule has 0 bridgehead atoms. The van der Waals surface area contributed by atoms with Crippen molar-refractivity contribution in [3.8, 4) is 11.5 Å². The third-order valence-corrected chi connectivity index (χ3v) is 25.2. The number of fused-ring (bicyclic) bond motifs is 3. The number of likely N-dealkylation sites (N-methyl/N-ethyl adjacent to an activating group) is 3. The van der Waals surface area contributed by atoms with Gasteiger partial charge in [0.15, 0.2) is 17.5 Å². The Morgan fingerprint density at radius 3 is 1.49 bits per heavy atom.